The van der Waals surface area contributed by atoms with Crippen molar-refractivity contribution in [3.63, 3.8) is 0 Å². The van der Waals surface area contributed by atoms with Gasteiger partial charge in [-0.1, -0.05) is 43.2 Å². The maximum Gasteiger partial charge on any atom is 0.255 e. The Hall–Kier alpha value is -2.62. The number of para-hydroxylation sites is 1. The molecule has 3 rings (SSSR count). The van der Waals surface area contributed by atoms with E-state index in [9.17, 15) is 9.59 Å². The molecule has 2 aromatic carbocycles. The van der Waals surface area contributed by atoms with Gasteiger partial charge in [0.05, 0.1) is 11.3 Å². The molecule has 1 heterocycles. The Morgan fingerprint density at radius 1 is 0.792 bits per heavy atom. The largest absolute Gasteiger partial charge is 0.339 e. The van der Waals surface area contributed by atoms with Gasteiger partial charge in [-0.05, 0) is 37.1 Å². The van der Waals surface area contributed by atoms with Crippen molar-refractivity contribution >= 4 is 17.5 Å². The number of carbonyl (C=O) groups is 2. The van der Waals surface area contributed by atoms with E-state index in [1.807, 2.05) is 35.2 Å². The molecule has 0 spiro atoms. The van der Waals surface area contributed by atoms with Crippen LogP contribution in [0.5, 0.6) is 0 Å². The Balaban J connectivity index is 1.80. The van der Waals surface area contributed by atoms with E-state index in [1.165, 1.54) is 12.8 Å². The van der Waals surface area contributed by atoms with Gasteiger partial charge in [0.15, 0.2) is 0 Å². The van der Waals surface area contributed by atoms with E-state index in [0.717, 1.165) is 25.9 Å². The van der Waals surface area contributed by atoms with Crippen LogP contribution in [0.25, 0.3) is 0 Å². The third kappa shape index (κ3) is 3.82. The van der Waals surface area contributed by atoms with Crippen molar-refractivity contribution in [3.05, 3.63) is 65.7 Å². The maximum absolute atomic E-state index is 12.9. The van der Waals surface area contributed by atoms with E-state index in [1.54, 1.807) is 24.3 Å². The van der Waals surface area contributed by atoms with Crippen LogP contribution in [0.4, 0.5) is 5.69 Å². The van der Waals surface area contributed by atoms with Gasteiger partial charge in [0, 0.05) is 18.7 Å². The van der Waals surface area contributed by atoms with Crippen molar-refractivity contribution in [3.8, 4) is 0 Å². The van der Waals surface area contributed by atoms with Gasteiger partial charge in [0.2, 0.25) is 0 Å². The van der Waals surface area contributed by atoms with Gasteiger partial charge in [0.25, 0.3) is 11.8 Å². The molecule has 0 bridgehead atoms. The molecule has 1 N–H and O–H groups in total. The van der Waals surface area contributed by atoms with Gasteiger partial charge in [-0.25, -0.2) is 0 Å². The summed E-state index contributed by atoms with van der Waals surface area (Å²) < 4.78 is 0. The van der Waals surface area contributed by atoms with Crippen molar-refractivity contribution in [2.75, 3.05) is 18.4 Å². The number of benzene rings is 2. The van der Waals surface area contributed by atoms with Crippen molar-refractivity contribution < 1.29 is 9.59 Å². The summed E-state index contributed by atoms with van der Waals surface area (Å²) >= 11 is 0. The fourth-order valence-corrected chi connectivity index (χ4v) is 3.01. The molecular formula is C20H22N2O2. The first-order chi connectivity index (χ1) is 11.8. The highest BCUT2D eigenvalue weighted by molar-refractivity contribution is 6.08. The fraction of sp³-hybridized carbons (Fsp3) is 0.300. The second-order valence-corrected chi connectivity index (χ2v) is 6.07. The second kappa shape index (κ2) is 7.77. The number of carbonyl (C=O) groups excluding carboxylic acids is 2. The van der Waals surface area contributed by atoms with E-state index in [0.29, 0.717) is 16.8 Å². The molecule has 24 heavy (non-hydrogen) atoms. The fourth-order valence-electron chi connectivity index (χ4n) is 3.01. The van der Waals surface area contributed by atoms with Crippen LogP contribution in [0.1, 0.15) is 46.4 Å². The highest BCUT2D eigenvalue weighted by Crippen LogP contribution is 2.20. The lowest BCUT2D eigenvalue weighted by molar-refractivity contribution is 0.0762. The summed E-state index contributed by atoms with van der Waals surface area (Å²) in [5.74, 6) is -0.201. The highest BCUT2D eigenvalue weighted by atomic mass is 16.2. The molecule has 0 unspecified atom stereocenters. The second-order valence-electron chi connectivity index (χ2n) is 6.07. The minimum Gasteiger partial charge on any atom is -0.339 e. The predicted molar refractivity (Wildman–Crippen MR) is 95.2 cm³/mol. The van der Waals surface area contributed by atoms with Crippen molar-refractivity contribution in [1.29, 1.82) is 0 Å². The van der Waals surface area contributed by atoms with E-state index >= 15 is 0 Å². The monoisotopic (exact) mass is 322 g/mol. The van der Waals surface area contributed by atoms with Crippen LogP contribution in [0, 0.1) is 0 Å². The average molecular weight is 322 g/mol. The molecule has 1 aliphatic rings. The Bertz CT molecular complexity index is 705. The van der Waals surface area contributed by atoms with Crippen molar-refractivity contribution in [2.24, 2.45) is 0 Å². The number of amides is 2. The number of likely N-dealkylation sites (tertiary alicyclic amines) is 1. The normalized spacial score (nSPS) is 14.8. The first-order valence-corrected chi connectivity index (χ1v) is 8.50. The number of nitrogens with zero attached hydrogens (tertiary/aromatic N) is 1. The topological polar surface area (TPSA) is 49.4 Å². The molecule has 4 nitrogen and oxygen atoms in total. The number of hydrogen-bond donors (Lipinski definition) is 1. The highest BCUT2D eigenvalue weighted by Gasteiger charge is 2.20. The lowest BCUT2D eigenvalue weighted by Gasteiger charge is -2.22. The minimum absolute atomic E-state index is 0.000798. The molecule has 1 aliphatic heterocycles. The van der Waals surface area contributed by atoms with Crippen LogP contribution in [-0.2, 0) is 0 Å². The minimum atomic E-state index is -0.202. The first kappa shape index (κ1) is 16.2. The zero-order valence-corrected chi connectivity index (χ0v) is 13.7. The zero-order valence-electron chi connectivity index (χ0n) is 13.7. The maximum atomic E-state index is 12.9. The third-order valence-corrected chi connectivity index (χ3v) is 4.33. The number of anilines is 1. The van der Waals surface area contributed by atoms with Crippen LogP contribution in [0.15, 0.2) is 54.6 Å². The van der Waals surface area contributed by atoms with Crippen molar-refractivity contribution in [1.82, 2.24) is 4.90 Å². The van der Waals surface area contributed by atoms with Gasteiger partial charge in [-0.2, -0.15) is 0 Å². The molecule has 0 aromatic heterocycles. The van der Waals surface area contributed by atoms with Crippen LogP contribution in [-0.4, -0.2) is 29.8 Å². The quantitative estimate of drug-likeness (QED) is 0.930. The first-order valence-electron chi connectivity index (χ1n) is 8.50. The standard InChI is InChI=1S/C20H22N2O2/c23-19(16-10-4-3-5-11-16)21-18-13-7-6-12-17(18)20(24)22-14-8-1-2-9-15-22/h3-7,10-13H,1-2,8-9,14-15H2,(H,21,23). The van der Waals surface area contributed by atoms with E-state index in [4.69, 9.17) is 0 Å². The average Bonchev–Trinajstić information content (AvgIpc) is 2.92. The summed E-state index contributed by atoms with van der Waals surface area (Å²) in [6, 6.07) is 16.3. The smallest absolute Gasteiger partial charge is 0.255 e. The Morgan fingerprint density at radius 3 is 2.12 bits per heavy atom. The van der Waals surface area contributed by atoms with Crippen LogP contribution >= 0.6 is 0 Å². The lowest BCUT2D eigenvalue weighted by Crippen LogP contribution is -2.32. The van der Waals surface area contributed by atoms with Gasteiger partial charge in [-0.15, -0.1) is 0 Å². The Labute approximate surface area is 142 Å². The number of nitrogens with one attached hydrogen (secondary N) is 1. The molecule has 0 aliphatic carbocycles. The SMILES string of the molecule is O=C(Nc1ccccc1C(=O)N1CCCCCC1)c1ccccc1. The number of hydrogen-bond acceptors (Lipinski definition) is 2. The van der Waals surface area contributed by atoms with E-state index in [-0.39, 0.29) is 11.8 Å². The molecule has 2 aromatic rings. The summed E-state index contributed by atoms with van der Waals surface area (Å²) in [5.41, 5.74) is 1.71. The molecule has 2 amide bonds. The molecular weight excluding hydrogens is 300 g/mol. The predicted octanol–water partition coefficient (Wildman–Crippen LogP) is 3.96. The van der Waals surface area contributed by atoms with Crippen LogP contribution in [0.2, 0.25) is 0 Å². The summed E-state index contributed by atoms with van der Waals surface area (Å²) in [7, 11) is 0. The summed E-state index contributed by atoms with van der Waals surface area (Å²) in [6.07, 6.45) is 4.45. The molecule has 0 radical (unpaired) electrons. The molecule has 0 atom stereocenters. The van der Waals surface area contributed by atoms with E-state index in [2.05, 4.69) is 5.32 Å². The Morgan fingerprint density at radius 2 is 1.42 bits per heavy atom. The van der Waals surface area contributed by atoms with E-state index < -0.39 is 0 Å². The molecule has 4 heteroatoms. The van der Waals surface area contributed by atoms with Gasteiger partial charge < -0.3 is 10.2 Å². The van der Waals surface area contributed by atoms with Gasteiger partial charge in [-0.3, -0.25) is 9.59 Å². The van der Waals surface area contributed by atoms with Crippen LogP contribution < -0.4 is 5.32 Å². The van der Waals surface area contributed by atoms with Gasteiger partial charge >= 0.3 is 0 Å². The summed E-state index contributed by atoms with van der Waals surface area (Å²) in [5, 5.41) is 2.88. The van der Waals surface area contributed by atoms with Crippen LogP contribution in [0.3, 0.4) is 0 Å². The zero-order chi connectivity index (χ0) is 16.8. The lowest BCUT2D eigenvalue weighted by atomic mass is 10.1. The Kier molecular flexibility index (Phi) is 5.26. The molecule has 1 saturated heterocycles. The molecule has 1 fully saturated rings. The summed E-state index contributed by atoms with van der Waals surface area (Å²) in [6.45, 7) is 1.58. The summed E-state index contributed by atoms with van der Waals surface area (Å²) in [4.78, 5) is 27.2. The molecule has 0 saturated carbocycles. The number of rotatable bonds is 3. The van der Waals surface area contributed by atoms with Crippen molar-refractivity contribution in [2.45, 2.75) is 25.7 Å². The van der Waals surface area contributed by atoms with Gasteiger partial charge in [0.1, 0.15) is 0 Å². The third-order valence-electron chi connectivity index (χ3n) is 4.33. The molecule has 124 valence electrons.